The Labute approximate surface area is 145 Å². The molecule has 9 heteroatoms. The number of rotatable bonds is 5. The van der Waals surface area contributed by atoms with E-state index in [-0.39, 0.29) is 5.16 Å². The third-order valence-corrected chi connectivity index (χ3v) is 4.21. The highest BCUT2D eigenvalue weighted by molar-refractivity contribution is 7.98. The third-order valence-electron chi connectivity index (χ3n) is 3.22. The van der Waals surface area contributed by atoms with Crippen molar-refractivity contribution in [2.45, 2.75) is 17.1 Å². The van der Waals surface area contributed by atoms with E-state index in [0.29, 0.717) is 21.9 Å². The Morgan fingerprint density at radius 2 is 1.68 bits per heavy atom. The van der Waals surface area contributed by atoms with Crippen LogP contribution in [-0.2, 0) is 11.9 Å². The van der Waals surface area contributed by atoms with Gasteiger partial charge < -0.3 is 10.6 Å². The molecule has 2 aromatic carbocycles. The number of para-hydroxylation sites is 2. The molecule has 0 aliphatic rings. The zero-order valence-corrected chi connectivity index (χ0v) is 13.6. The lowest BCUT2D eigenvalue weighted by Crippen LogP contribution is -2.21. The molecule has 3 aromatic rings. The average Bonchev–Trinajstić information content (AvgIpc) is 2.96. The van der Waals surface area contributed by atoms with Crippen LogP contribution in [-0.4, -0.2) is 14.9 Å². The van der Waals surface area contributed by atoms with E-state index in [1.807, 2.05) is 48.5 Å². The maximum atomic E-state index is 12.7. The molecule has 0 aliphatic heterocycles. The summed E-state index contributed by atoms with van der Waals surface area (Å²) < 4.78 is 44.4. The molecule has 130 valence electrons. The Morgan fingerprint density at radius 3 is 2.36 bits per heavy atom. The number of halogens is 3. The maximum absolute atomic E-state index is 12.7. The number of alkyl halides is 3. The van der Waals surface area contributed by atoms with Gasteiger partial charge in [-0.05, 0) is 18.2 Å². The van der Waals surface area contributed by atoms with Crippen LogP contribution in [0, 0.1) is 0 Å². The van der Waals surface area contributed by atoms with Crippen molar-refractivity contribution >= 4 is 11.8 Å². The van der Waals surface area contributed by atoms with E-state index in [9.17, 15) is 13.2 Å². The van der Waals surface area contributed by atoms with Gasteiger partial charge in [-0.3, -0.25) is 0 Å². The van der Waals surface area contributed by atoms with E-state index in [1.54, 1.807) is 6.07 Å². The van der Waals surface area contributed by atoms with Gasteiger partial charge in [0.25, 0.3) is 5.82 Å². The fraction of sp³-hybridized carbons (Fsp3) is 0.125. The number of ether oxygens (including phenoxy) is 1. The summed E-state index contributed by atoms with van der Waals surface area (Å²) in [6.07, 6.45) is -4.64. The molecule has 0 atom stereocenters. The first-order valence-corrected chi connectivity index (χ1v) is 8.15. The van der Waals surface area contributed by atoms with Crippen molar-refractivity contribution < 1.29 is 17.9 Å². The van der Waals surface area contributed by atoms with Gasteiger partial charge in [0.1, 0.15) is 11.5 Å². The maximum Gasteiger partial charge on any atom is 0.453 e. The zero-order valence-electron chi connectivity index (χ0n) is 12.8. The standard InChI is InChI=1S/C16H13F3N4OS/c17-16(18,19)14-21-22-15(23(14)20)25-10-11-6-4-5-9-13(11)24-12-7-2-1-3-8-12/h1-9H,10,20H2. The number of nitrogens with two attached hydrogens (primary N) is 1. The second kappa shape index (κ2) is 7.06. The van der Waals surface area contributed by atoms with Gasteiger partial charge in [-0.15, -0.1) is 10.2 Å². The normalized spacial score (nSPS) is 11.5. The van der Waals surface area contributed by atoms with Crippen molar-refractivity contribution in [2.24, 2.45) is 0 Å². The van der Waals surface area contributed by atoms with Gasteiger partial charge in [-0.1, -0.05) is 48.2 Å². The highest BCUT2D eigenvalue weighted by atomic mass is 32.2. The smallest absolute Gasteiger partial charge is 0.453 e. The minimum Gasteiger partial charge on any atom is -0.457 e. The van der Waals surface area contributed by atoms with E-state index >= 15 is 0 Å². The molecule has 1 aromatic heterocycles. The van der Waals surface area contributed by atoms with Gasteiger partial charge in [-0.2, -0.15) is 13.2 Å². The first-order chi connectivity index (χ1) is 11.9. The Bertz CT molecular complexity index is 852. The van der Waals surface area contributed by atoms with E-state index < -0.39 is 12.0 Å². The molecule has 0 radical (unpaired) electrons. The lowest BCUT2D eigenvalue weighted by atomic mass is 10.2. The van der Waals surface area contributed by atoms with Crippen molar-refractivity contribution in [2.75, 3.05) is 5.84 Å². The predicted octanol–water partition coefficient (Wildman–Crippen LogP) is 4.10. The molecule has 1 heterocycles. The quantitative estimate of drug-likeness (QED) is 0.544. The molecule has 0 saturated heterocycles. The topological polar surface area (TPSA) is 66.0 Å². The predicted molar refractivity (Wildman–Crippen MR) is 87.7 cm³/mol. The monoisotopic (exact) mass is 366 g/mol. The molecule has 2 N–H and O–H groups in total. The van der Waals surface area contributed by atoms with Crippen molar-refractivity contribution in [1.82, 2.24) is 14.9 Å². The Hall–Kier alpha value is -2.68. The third kappa shape index (κ3) is 4.05. The molecular formula is C16H13F3N4OS. The number of aromatic nitrogens is 3. The SMILES string of the molecule is Nn1c(SCc2ccccc2Oc2ccccc2)nnc1C(F)(F)F. The van der Waals surface area contributed by atoms with Crippen LogP contribution in [0.25, 0.3) is 0 Å². The molecule has 5 nitrogen and oxygen atoms in total. The molecule has 0 spiro atoms. The van der Waals surface area contributed by atoms with Gasteiger partial charge in [0.15, 0.2) is 0 Å². The lowest BCUT2D eigenvalue weighted by molar-refractivity contribution is -0.146. The Balaban J connectivity index is 1.75. The van der Waals surface area contributed by atoms with E-state index in [0.717, 1.165) is 17.3 Å². The van der Waals surface area contributed by atoms with Crippen LogP contribution in [0.3, 0.4) is 0 Å². The van der Waals surface area contributed by atoms with Gasteiger partial charge in [-0.25, -0.2) is 4.68 Å². The van der Waals surface area contributed by atoms with E-state index in [1.165, 1.54) is 0 Å². The van der Waals surface area contributed by atoms with Crippen LogP contribution in [0.2, 0.25) is 0 Å². The second-order valence-electron chi connectivity index (χ2n) is 4.99. The Kier molecular flexibility index (Phi) is 4.84. The van der Waals surface area contributed by atoms with Gasteiger partial charge >= 0.3 is 6.18 Å². The highest BCUT2D eigenvalue weighted by Gasteiger charge is 2.38. The number of hydrogen-bond acceptors (Lipinski definition) is 5. The molecule has 3 rings (SSSR count). The summed E-state index contributed by atoms with van der Waals surface area (Å²) in [5, 5.41) is 6.58. The van der Waals surface area contributed by atoms with Gasteiger partial charge in [0.05, 0.1) is 0 Å². The largest absolute Gasteiger partial charge is 0.457 e. The number of nitrogens with zero attached hydrogens (tertiary/aromatic N) is 3. The second-order valence-corrected chi connectivity index (χ2v) is 5.93. The van der Waals surface area contributed by atoms with Crippen LogP contribution in [0.1, 0.15) is 11.4 Å². The molecule has 0 saturated carbocycles. The summed E-state index contributed by atoms with van der Waals surface area (Å²) in [5.41, 5.74) is 0.799. The summed E-state index contributed by atoms with van der Waals surface area (Å²) in [4.78, 5) is 0. The fourth-order valence-electron chi connectivity index (χ4n) is 2.05. The Morgan fingerprint density at radius 1 is 1.00 bits per heavy atom. The number of thioether (sulfide) groups is 1. The summed E-state index contributed by atoms with van der Waals surface area (Å²) in [6, 6.07) is 16.5. The molecule has 0 bridgehead atoms. The summed E-state index contributed by atoms with van der Waals surface area (Å²) in [5.74, 6) is 5.81. The molecule has 25 heavy (non-hydrogen) atoms. The average molecular weight is 366 g/mol. The molecular weight excluding hydrogens is 353 g/mol. The molecule has 0 amide bonds. The summed E-state index contributed by atoms with van der Waals surface area (Å²) in [6.45, 7) is 0. The summed E-state index contributed by atoms with van der Waals surface area (Å²) in [7, 11) is 0. The number of nitrogen functional groups attached to an aromatic ring is 1. The van der Waals surface area contributed by atoms with Crippen LogP contribution in [0.15, 0.2) is 59.8 Å². The molecule has 0 fully saturated rings. The molecule has 0 aliphatic carbocycles. The lowest BCUT2D eigenvalue weighted by Gasteiger charge is -2.11. The number of hydrogen-bond donors (Lipinski definition) is 1. The van der Waals surface area contributed by atoms with Crippen LogP contribution >= 0.6 is 11.8 Å². The van der Waals surface area contributed by atoms with E-state index in [2.05, 4.69) is 10.2 Å². The summed E-state index contributed by atoms with van der Waals surface area (Å²) >= 11 is 1.05. The van der Waals surface area contributed by atoms with Crippen molar-refractivity contribution in [1.29, 1.82) is 0 Å². The highest BCUT2D eigenvalue weighted by Crippen LogP contribution is 2.32. The minimum atomic E-state index is -4.64. The van der Waals surface area contributed by atoms with Crippen LogP contribution in [0.4, 0.5) is 13.2 Å². The first-order valence-electron chi connectivity index (χ1n) is 7.16. The minimum absolute atomic E-state index is 0.0261. The van der Waals surface area contributed by atoms with Crippen molar-refractivity contribution in [3.63, 3.8) is 0 Å². The van der Waals surface area contributed by atoms with Crippen molar-refractivity contribution in [3.05, 3.63) is 66.0 Å². The van der Waals surface area contributed by atoms with Crippen molar-refractivity contribution in [3.8, 4) is 11.5 Å². The van der Waals surface area contributed by atoms with Crippen LogP contribution in [0.5, 0.6) is 11.5 Å². The number of benzene rings is 2. The first kappa shape index (κ1) is 17.2. The van der Waals surface area contributed by atoms with Gasteiger partial charge in [0, 0.05) is 11.3 Å². The fourth-order valence-corrected chi connectivity index (χ4v) is 2.90. The molecule has 0 unspecified atom stereocenters. The zero-order chi connectivity index (χ0) is 17.9. The van der Waals surface area contributed by atoms with Gasteiger partial charge in [0.2, 0.25) is 5.16 Å². The van der Waals surface area contributed by atoms with Crippen LogP contribution < -0.4 is 10.6 Å². The van der Waals surface area contributed by atoms with E-state index in [4.69, 9.17) is 10.6 Å².